The highest BCUT2D eigenvalue weighted by molar-refractivity contribution is 6.30. The molecule has 0 radical (unpaired) electrons. The molecule has 13 heteroatoms. The Morgan fingerprint density at radius 1 is 0.973 bits per heavy atom. The van der Waals surface area contributed by atoms with Crippen LogP contribution in [0.5, 0.6) is 0 Å². The summed E-state index contributed by atoms with van der Waals surface area (Å²) in [7, 11) is 0. The lowest BCUT2D eigenvalue weighted by Gasteiger charge is -2.35. The number of nitrogens with zero attached hydrogens (tertiary/aromatic N) is 6. The Kier molecular flexibility index (Phi) is 6.42. The topological polar surface area (TPSA) is 95.7 Å². The van der Waals surface area contributed by atoms with Crippen molar-refractivity contribution in [3.05, 3.63) is 82.8 Å². The van der Waals surface area contributed by atoms with Crippen LogP contribution in [0.1, 0.15) is 26.4 Å². The molecular weight excluding hydrogens is 511 g/mol. The lowest BCUT2D eigenvalue weighted by Crippen LogP contribution is -2.49. The third kappa shape index (κ3) is 5.19. The fourth-order valence-corrected chi connectivity index (χ4v) is 4.12. The molecule has 190 valence electrons. The maximum atomic E-state index is 13.3. The van der Waals surface area contributed by atoms with E-state index in [4.69, 9.17) is 11.6 Å². The number of carbonyl (C=O) groups excluding carboxylic acids is 2. The van der Waals surface area contributed by atoms with E-state index in [9.17, 15) is 22.8 Å². The summed E-state index contributed by atoms with van der Waals surface area (Å²) in [6, 6.07) is 11.4. The van der Waals surface area contributed by atoms with Crippen LogP contribution in [0.15, 0.2) is 60.9 Å². The molecule has 0 bridgehead atoms. The van der Waals surface area contributed by atoms with Crippen LogP contribution >= 0.6 is 11.6 Å². The van der Waals surface area contributed by atoms with E-state index in [2.05, 4.69) is 20.4 Å². The van der Waals surface area contributed by atoms with Gasteiger partial charge >= 0.3 is 6.18 Å². The molecule has 0 aliphatic carbocycles. The average molecular weight is 530 g/mol. The number of amides is 2. The molecule has 1 N–H and O–H groups in total. The number of piperazine rings is 1. The molecule has 4 aromatic rings. The molecule has 2 amide bonds. The Hall–Kier alpha value is -4.19. The van der Waals surface area contributed by atoms with Crippen LogP contribution in [-0.4, -0.2) is 62.5 Å². The second kappa shape index (κ2) is 9.69. The highest BCUT2D eigenvalue weighted by atomic mass is 35.5. The molecule has 4 heterocycles. The van der Waals surface area contributed by atoms with E-state index in [1.54, 1.807) is 24.3 Å². The van der Waals surface area contributed by atoms with Crippen LogP contribution < -0.4 is 10.2 Å². The number of anilines is 2. The number of hydrogen-bond acceptors (Lipinski definition) is 6. The molecule has 5 rings (SSSR count). The molecular formula is C24H19ClF3N7O2. The third-order valence-corrected chi connectivity index (χ3v) is 6.08. The highest BCUT2D eigenvalue weighted by Crippen LogP contribution is 2.32. The van der Waals surface area contributed by atoms with Crippen molar-refractivity contribution in [2.45, 2.75) is 6.18 Å². The van der Waals surface area contributed by atoms with E-state index in [1.807, 2.05) is 4.90 Å². The maximum Gasteiger partial charge on any atom is 0.417 e. The van der Waals surface area contributed by atoms with E-state index in [-0.39, 0.29) is 24.3 Å². The summed E-state index contributed by atoms with van der Waals surface area (Å²) >= 11 is 5.81. The molecule has 3 aromatic heterocycles. The molecule has 0 saturated carbocycles. The van der Waals surface area contributed by atoms with Crippen LogP contribution in [0.25, 0.3) is 5.65 Å². The summed E-state index contributed by atoms with van der Waals surface area (Å²) in [5.41, 5.74) is -0.710. The molecule has 1 saturated heterocycles. The maximum absolute atomic E-state index is 13.3. The van der Waals surface area contributed by atoms with Gasteiger partial charge in [-0.15, -0.1) is 5.10 Å². The first-order valence-corrected chi connectivity index (χ1v) is 11.6. The van der Waals surface area contributed by atoms with Gasteiger partial charge in [0.05, 0.1) is 22.3 Å². The van der Waals surface area contributed by atoms with Gasteiger partial charge in [-0.1, -0.05) is 23.7 Å². The molecule has 37 heavy (non-hydrogen) atoms. The quantitative estimate of drug-likeness (QED) is 0.429. The zero-order valence-electron chi connectivity index (χ0n) is 19.1. The van der Waals surface area contributed by atoms with Gasteiger partial charge in [0.25, 0.3) is 11.8 Å². The van der Waals surface area contributed by atoms with Gasteiger partial charge in [0.15, 0.2) is 5.65 Å². The summed E-state index contributed by atoms with van der Waals surface area (Å²) in [6.07, 6.45) is -1.71. The van der Waals surface area contributed by atoms with Gasteiger partial charge in [0, 0.05) is 32.4 Å². The van der Waals surface area contributed by atoms with Crippen molar-refractivity contribution in [3.63, 3.8) is 0 Å². The number of imidazole rings is 1. The number of aromatic nitrogens is 4. The van der Waals surface area contributed by atoms with Crippen molar-refractivity contribution in [2.75, 3.05) is 36.4 Å². The lowest BCUT2D eigenvalue weighted by molar-refractivity contribution is -0.138. The van der Waals surface area contributed by atoms with Crippen molar-refractivity contribution in [3.8, 4) is 0 Å². The van der Waals surface area contributed by atoms with Crippen molar-refractivity contribution in [1.29, 1.82) is 0 Å². The number of carbonyl (C=O) groups is 2. The van der Waals surface area contributed by atoms with Gasteiger partial charge in [-0.25, -0.2) is 14.5 Å². The SMILES string of the molecule is O=C(Nc1ccc(Cl)cn1)c1cn2nc(N3CCN(C(=O)c4ccccc4C(F)(F)F)CC3)ccc2n1. The Labute approximate surface area is 213 Å². The predicted octanol–water partition coefficient (Wildman–Crippen LogP) is 4.01. The van der Waals surface area contributed by atoms with E-state index >= 15 is 0 Å². The number of nitrogens with one attached hydrogen (secondary N) is 1. The minimum Gasteiger partial charge on any atom is -0.352 e. The first-order valence-electron chi connectivity index (χ1n) is 11.2. The number of rotatable bonds is 4. The number of alkyl halides is 3. The second-order valence-electron chi connectivity index (χ2n) is 8.26. The largest absolute Gasteiger partial charge is 0.417 e. The fourth-order valence-electron chi connectivity index (χ4n) is 4.01. The third-order valence-electron chi connectivity index (χ3n) is 5.86. The van der Waals surface area contributed by atoms with Crippen LogP contribution in [-0.2, 0) is 6.18 Å². The summed E-state index contributed by atoms with van der Waals surface area (Å²) < 4.78 is 41.5. The van der Waals surface area contributed by atoms with Crippen molar-refractivity contribution >= 4 is 40.7 Å². The zero-order valence-corrected chi connectivity index (χ0v) is 19.9. The Balaban J connectivity index is 1.26. The van der Waals surface area contributed by atoms with Gasteiger partial charge in [-0.3, -0.25) is 9.59 Å². The van der Waals surface area contributed by atoms with E-state index in [0.717, 1.165) is 6.07 Å². The Morgan fingerprint density at radius 3 is 2.43 bits per heavy atom. The van der Waals surface area contributed by atoms with Gasteiger partial charge in [0.2, 0.25) is 0 Å². The van der Waals surface area contributed by atoms with Gasteiger partial charge in [0.1, 0.15) is 17.3 Å². The molecule has 0 unspecified atom stereocenters. The van der Waals surface area contributed by atoms with E-state index < -0.39 is 23.6 Å². The van der Waals surface area contributed by atoms with Gasteiger partial charge < -0.3 is 15.1 Å². The number of pyridine rings is 1. The number of fused-ring (bicyclic) bond motifs is 1. The number of halogens is 4. The molecule has 1 aromatic carbocycles. The first-order chi connectivity index (χ1) is 17.7. The minimum atomic E-state index is -4.61. The fraction of sp³-hybridized carbons (Fsp3) is 0.208. The summed E-state index contributed by atoms with van der Waals surface area (Å²) in [6.45, 7) is 1.22. The molecule has 1 aliphatic heterocycles. The number of benzene rings is 1. The number of hydrogen-bond donors (Lipinski definition) is 1. The zero-order chi connectivity index (χ0) is 26.2. The highest BCUT2D eigenvalue weighted by Gasteiger charge is 2.36. The minimum absolute atomic E-state index is 0.139. The Morgan fingerprint density at radius 2 is 1.73 bits per heavy atom. The van der Waals surface area contributed by atoms with Gasteiger partial charge in [-0.05, 0) is 36.4 Å². The van der Waals surface area contributed by atoms with Crippen LogP contribution in [0.4, 0.5) is 24.8 Å². The predicted molar refractivity (Wildman–Crippen MR) is 130 cm³/mol. The summed E-state index contributed by atoms with van der Waals surface area (Å²) in [5.74, 6) is -0.214. The van der Waals surface area contributed by atoms with Crippen molar-refractivity contribution < 1.29 is 22.8 Å². The summed E-state index contributed by atoms with van der Waals surface area (Å²) in [5, 5.41) is 7.59. The van der Waals surface area contributed by atoms with E-state index in [0.29, 0.717) is 35.4 Å². The smallest absolute Gasteiger partial charge is 0.352 e. The molecule has 1 aliphatic rings. The monoisotopic (exact) mass is 529 g/mol. The normalized spacial score (nSPS) is 14.2. The summed E-state index contributed by atoms with van der Waals surface area (Å²) in [4.78, 5) is 37.0. The molecule has 0 atom stereocenters. The standard InChI is InChI=1S/C24H19ClF3N7O2/c25-15-5-6-19(29-13-15)31-22(36)18-14-35-20(30-18)7-8-21(32-35)33-9-11-34(12-10-33)23(37)16-3-1-2-4-17(16)24(26,27)28/h1-8,13-14H,9-12H2,(H,29,31,36). The lowest BCUT2D eigenvalue weighted by atomic mass is 10.1. The van der Waals surface area contributed by atoms with Crippen molar-refractivity contribution in [2.24, 2.45) is 0 Å². The van der Waals surface area contributed by atoms with E-state index in [1.165, 1.54) is 40.0 Å². The molecule has 0 spiro atoms. The van der Waals surface area contributed by atoms with Crippen LogP contribution in [0.2, 0.25) is 5.02 Å². The Bertz CT molecular complexity index is 1470. The second-order valence-corrected chi connectivity index (χ2v) is 8.70. The van der Waals surface area contributed by atoms with Crippen LogP contribution in [0, 0.1) is 0 Å². The first kappa shape index (κ1) is 24.5. The van der Waals surface area contributed by atoms with Crippen LogP contribution in [0.3, 0.4) is 0 Å². The van der Waals surface area contributed by atoms with Gasteiger partial charge in [-0.2, -0.15) is 13.2 Å². The average Bonchev–Trinajstić information content (AvgIpc) is 3.33. The molecule has 9 nitrogen and oxygen atoms in total. The van der Waals surface area contributed by atoms with Crippen molar-refractivity contribution in [1.82, 2.24) is 24.5 Å². The molecule has 1 fully saturated rings.